The molecule has 0 radical (unpaired) electrons. The summed E-state index contributed by atoms with van der Waals surface area (Å²) in [5.74, 6) is -0.368. The first-order valence-corrected chi connectivity index (χ1v) is 7.86. The standard InChI is InChI=1S/C14H10ClF3O2S/c15-12-5-7-13(8-6-12)21(19,20)9-10-1-3-11(4-2-10)14(16,17)18/h1-8H,9H2. The van der Waals surface area contributed by atoms with E-state index in [0.717, 1.165) is 24.3 Å². The smallest absolute Gasteiger partial charge is 0.223 e. The summed E-state index contributed by atoms with van der Waals surface area (Å²) < 4.78 is 61.5. The minimum absolute atomic E-state index is 0.0757. The Hall–Kier alpha value is -1.53. The lowest BCUT2D eigenvalue weighted by Gasteiger charge is -2.08. The zero-order valence-electron chi connectivity index (χ0n) is 10.6. The van der Waals surface area contributed by atoms with E-state index in [-0.39, 0.29) is 16.2 Å². The van der Waals surface area contributed by atoms with E-state index < -0.39 is 21.6 Å². The highest BCUT2D eigenvalue weighted by atomic mass is 35.5. The molecule has 0 fully saturated rings. The van der Waals surface area contributed by atoms with E-state index in [4.69, 9.17) is 11.6 Å². The second-order valence-corrected chi connectivity index (χ2v) is 6.83. The van der Waals surface area contributed by atoms with Crippen LogP contribution in [-0.4, -0.2) is 8.42 Å². The molecule has 0 bridgehead atoms. The highest BCUT2D eigenvalue weighted by Crippen LogP contribution is 2.29. The van der Waals surface area contributed by atoms with E-state index in [9.17, 15) is 21.6 Å². The van der Waals surface area contributed by atoms with Gasteiger partial charge in [-0.25, -0.2) is 8.42 Å². The van der Waals surface area contributed by atoms with Gasteiger partial charge >= 0.3 is 6.18 Å². The van der Waals surface area contributed by atoms with Gasteiger partial charge in [0.2, 0.25) is 0 Å². The summed E-state index contributed by atoms with van der Waals surface area (Å²) in [5.41, 5.74) is -0.520. The van der Waals surface area contributed by atoms with Gasteiger partial charge in [0.15, 0.2) is 9.84 Å². The highest BCUT2D eigenvalue weighted by molar-refractivity contribution is 7.90. The fourth-order valence-electron chi connectivity index (χ4n) is 1.73. The Bertz CT molecular complexity index is 720. The van der Waals surface area contributed by atoms with Gasteiger partial charge in [0, 0.05) is 5.02 Å². The molecule has 0 unspecified atom stereocenters. The van der Waals surface area contributed by atoms with E-state index in [1.54, 1.807) is 0 Å². The van der Waals surface area contributed by atoms with Crippen LogP contribution in [0.2, 0.25) is 5.02 Å². The molecule has 0 atom stereocenters. The number of sulfone groups is 1. The molecule has 0 amide bonds. The Balaban J connectivity index is 2.23. The first-order chi connectivity index (χ1) is 9.68. The molecule has 112 valence electrons. The maximum atomic E-state index is 12.4. The van der Waals surface area contributed by atoms with Crippen molar-refractivity contribution in [2.24, 2.45) is 0 Å². The number of alkyl halides is 3. The maximum absolute atomic E-state index is 12.4. The summed E-state index contributed by atoms with van der Waals surface area (Å²) >= 11 is 5.68. The van der Waals surface area contributed by atoms with Gasteiger partial charge in [-0.1, -0.05) is 23.7 Å². The average molecular weight is 335 g/mol. The maximum Gasteiger partial charge on any atom is 0.416 e. The van der Waals surface area contributed by atoms with Crippen LogP contribution < -0.4 is 0 Å². The van der Waals surface area contributed by atoms with Gasteiger partial charge in [-0.3, -0.25) is 0 Å². The normalized spacial score (nSPS) is 12.4. The molecule has 7 heteroatoms. The van der Waals surface area contributed by atoms with Gasteiger partial charge in [-0.05, 0) is 42.0 Å². The molecule has 0 aliphatic carbocycles. The third kappa shape index (κ3) is 3.98. The van der Waals surface area contributed by atoms with Gasteiger partial charge < -0.3 is 0 Å². The minimum Gasteiger partial charge on any atom is -0.223 e. The van der Waals surface area contributed by atoms with Crippen molar-refractivity contribution in [1.29, 1.82) is 0 Å². The van der Waals surface area contributed by atoms with Crippen LogP contribution in [-0.2, 0) is 21.8 Å². The van der Waals surface area contributed by atoms with Crippen LogP contribution in [0.3, 0.4) is 0 Å². The Kier molecular flexibility index (Phi) is 4.30. The molecule has 0 N–H and O–H groups in total. The minimum atomic E-state index is -4.44. The lowest BCUT2D eigenvalue weighted by Crippen LogP contribution is -2.07. The molecule has 0 spiro atoms. The van der Waals surface area contributed by atoms with Crippen LogP contribution in [0.4, 0.5) is 13.2 Å². The molecule has 0 aliphatic rings. The predicted molar refractivity (Wildman–Crippen MR) is 73.8 cm³/mol. The Morgan fingerprint density at radius 3 is 1.90 bits per heavy atom. The van der Waals surface area contributed by atoms with Crippen LogP contribution in [0.15, 0.2) is 53.4 Å². The van der Waals surface area contributed by atoms with E-state index in [1.807, 2.05) is 0 Å². The summed E-state index contributed by atoms with van der Waals surface area (Å²) in [7, 11) is -3.62. The van der Waals surface area contributed by atoms with Gasteiger partial charge in [0.1, 0.15) is 0 Å². The third-order valence-corrected chi connectivity index (χ3v) is 4.77. The molecule has 2 nitrogen and oxygen atoms in total. The Labute approximate surface area is 125 Å². The van der Waals surface area contributed by atoms with Crippen LogP contribution in [0.25, 0.3) is 0 Å². The van der Waals surface area contributed by atoms with Crippen LogP contribution in [0.5, 0.6) is 0 Å². The Morgan fingerprint density at radius 1 is 0.905 bits per heavy atom. The number of hydrogen-bond acceptors (Lipinski definition) is 2. The zero-order valence-corrected chi connectivity index (χ0v) is 12.1. The van der Waals surface area contributed by atoms with E-state index in [2.05, 4.69) is 0 Å². The lowest BCUT2D eigenvalue weighted by atomic mass is 10.1. The molecule has 0 heterocycles. The summed E-state index contributed by atoms with van der Waals surface area (Å²) in [6.45, 7) is 0. The number of rotatable bonds is 3. The number of benzene rings is 2. The van der Waals surface area contributed by atoms with Crippen molar-refractivity contribution in [3.05, 3.63) is 64.7 Å². The number of halogens is 4. The van der Waals surface area contributed by atoms with Crippen molar-refractivity contribution < 1.29 is 21.6 Å². The molecular weight excluding hydrogens is 325 g/mol. The highest BCUT2D eigenvalue weighted by Gasteiger charge is 2.30. The first kappa shape index (κ1) is 15.9. The monoisotopic (exact) mass is 334 g/mol. The van der Waals surface area contributed by atoms with Crippen molar-refractivity contribution in [1.82, 2.24) is 0 Å². The predicted octanol–water partition coefficient (Wildman–Crippen LogP) is 4.33. The molecule has 2 aromatic carbocycles. The molecule has 2 rings (SSSR count). The fourth-order valence-corrected chi connectivity index (χ4v) is 3.21. The summed E-state index contributed by atoms with van der Waals surface area (Å²) in [6.07, 6.45) is -4.44. The number of hydrogen-bond donors (Lipinski definition) is 0. The molecule has 0 saturated heterocycles. The van der Waals surface area contributed by atoms with Crippen molar-refractivity contribution in [3.8, 4) is 0 Å². The van der Waals surface area contributed by atoms with Gasteiger partial charge in [-0.2, -0.15) is 13.2 Å². The topological polar surface area (TPSA) is 34.1 Å². The van der Waals surface area contributed by atoms with Crippen molar-refractivity contribution in [3.63, 3.8) is 0 Å². The van der Waals surface area contributed by atoms with Crippen molar-refractivity contribution in [2.45, 2.75) is 16.8 Å². The van der Waals surface area contributed by atoms with E-state index >= 15 is 0 Å². The van der Waals surface area contributed by atoms with Gasteiger partial charge in [0.05, 0.1) is 16.2 Å². The quantitative estimate of drug-likeness (QED) is 0.837. The summed E-state index contributed by atoms with van der Waals surface area (Å²) in [5, 5.41) is 0.406. The second-order valence-electron chi connectivity index (χ2n) is 4.41. The van der Waals surface area contributed by atoms with Crippen LogP contribution in [0, 0.1) is 0 Å². The Morgan fingerprint density at radius 2 is 1.43 bits per heavy atom. The molecule has 2 aromatic rings. The molecule has 0 aromatic heterocycles. The summed E-state index contributed by atoms with van der Waals surface area (Å²) in [6, 6.07) is 9.68. The zero-order chi connectivity index (χ0) is 15.7. The molecule has 0 saturated carbocycles. The van der Waals surface area contributed by atoms with Crippen LogP contribution >= 0.6 is 11.6 Å². The third-order valence-electron chi connectivity index (χ3n) is 2.81. The van der Waals surface area contributed by atoms with E-state index in [1.165, 1.54) is 24.3 Å². The van der Waals surface area contributed by atoms with Gasteiger partial charge in [-0.15, -0.1) is 0 Å². The molecule has 21 heavy (non-hydrogen) atoms. The lowest BCUT2D eigenvalue weighted by molar-refractivity contribution is -0.137. The molecular formula is C14H10ClF3O2S. The van der Waals surface area contributed by atoms with Gasteiger partial charge in [0.25, 0.3) is 0 Å². The largest absolute Gasteiger partial charge is 0.416 e. The average Bonchev–Trinajstić information content (AvgIpc) is 2.38. The van der Waals surface area contributed by atoms with Crippen LogP contribution in [0.1, 0.15) is 11.1 Å². The van der Waals surface area contributed by atoms with E-state index in [0.29, 0.717) is 5.02 Å². The summed E-state index contributed by atoms with van der Waals surface area (Å²) in [4.78, 5) is 0.0757. The SMILES string of the molecule is O=S(=O)(Cc1ccc(C(F)(F)F)cc1)c1ccc(Cl)cc1. The first-order valence-electron chi connectivity index (χ1n) is 5.83. The second kappa shape index (κ2) is 5.69. The van der Waals surface area contributed by atoms with Crippen molar-refractivity contribution in [2.75, 3.05) is 0 Å². The molecule has 0 aliphatic heterocycles. The van der Waals surface area contributed by atoms with Crippen molar-refractivity contribution >= 4 is 21.4 Å². The fraction of sp³-hybridized carbons (Fsp3) is 0.143.